The Labute approximate surface area is 155 Å². The minimum absolute atomic E-state index is 0.147. The number of amides is 1. The van der Waals surface area contributed by atoms with Crippen molar-refractivity contribution in [1.29, 1.82) is 0 Å². The summed E-state index contributed by atoms with van der Waals surface area (Å²) in [5.41, 5.74) is 1.81. The van der Waals surface area contributed by atoms with Gasteiger partial charge < -0.3 is 14.5 Å². The van der Waals surface area contributed by atoms with E-state index in [1.54, 1.807) is 30.3 Å². The predicted octanol–water partition coefficient (Wildman–Crippen LogP) is 4.97. The molecule has 0 saturated carbocycles. The third-order valence-corrected chi connectivity index (χ3v) is 3.94. The second-order valence-corrected chi connectivity index (χ2v) is 5.84. The molecule has 0 atom stereocenters. The average Bonchev–Trinajstić information content (AvgIpc) is 3.30. The minimum atomic E-state index is -4.76. The number of hydrogen-bond donors (Lipinski definition) is 2. The molecular weight excluding hydrogens is 375 g/mol. The van der Waals surface area contributed by atoms with E-state index in [4.69, 9.17) is 4.42 Å². The van der Waals surface area contributed by atoms with Crippen molar-refractivity contribution >= 4 is 22.6 Å². The van der Waals surface area contributed by atoms with E-state index in [1.807, 2.05) is 0 Å². The highest BCUT2D eigenvalue weighted by molar-refractivity contribution is 6.06. The summed E-state index contributed by atoms with van der Waals surface area (Å²) in [6.07, 6.45) is -3.37. The second-order valence-electron chi connectivity index (χ2n) is 5.84. The fourth-order valence-electron chi connectivity index (χ4n) is 2.74. The first-order valence-electron chi connectivity index (χ1n) is 8.08. The zero-order valence-corrected chi connectivity index (χ0v) is 14.1. The first kappa shape index (κ1) is 17.7. The fraction of sp³-hybridized carbons (Fsp3) is 0.0526. The number of hydrogen-bond acceptors (Lipinski definition) is 4. The summed E-state index contributed by atoms with van der Waals surface area (Å²) in [6, 6.07) is 13.9. The van der Waals surface area contributed by atoms with Gasteiger partial charge in [-0.2, -0.15) is 5.10 Å². The number of anilines is 1. The van der Waals surface area contributed by atoms with Gasteiger partial charge in [0, 0.05) is 5.39 Å². The lowest BCUT2D eigenvalue weighted by Crippen LogP contribution is -2.17. The summed E-state index contributed by atoms with van der Waals surface area (Å²) < 4.78 is 46.2. The Morgan fingerprint density at radius 3 is 2.64 bits per heavy atom. The Morgan fingerprint density at radius 1 is 1.07 bits per heavy atom. The number of benzene rings is 2. The fourth-order valence-corrected chi connectivity index (χ4v) is 2.74. The molecule has 2 N–H and O–H groups in total. The maximum atomic E-state index is 12.4. The van der Waals surface area contributed by atoms with E-state index < -0.39 is 12.3 Å². The number of carbonyl (C=O) groups excluding carboxylic acids is 1. The van der Waals surface area contributed by atoms with E-state index in [-0.39, 0.29) is 11.5 Å². The van der Waals surface area contributed by atoms with Crippen LogP contribution < -0.4 is 10.1 Å². The normalized spacial score (nSPS) is 11.5. The van der Waals surface area contributed by atoms with Gasteiger partial charge in [0.05, 0.1) is 11.8 Å². The predicted molar refractivity (Wildman–Crippen MR) is 94.9 cm³/mol. The number of nitrogens with one attached hydrogen (secondary N) is 2. The van der Waals surface area contributed by atoms with Crippen LogP contribution >= 0.6 is 0 Å². The molecule has 0 radical (unpaired) electrons. The Kier molecular flexibility index (Phi) is 4.26. The topological polar surface area (TPSA) is 80.2 Å². The Balaban J connectivity index is 1.61. The van der Waals surface area contributed by atoms with E-state index >= 15 is 0 Å². The standard InChI is InChI=1S/C19H12F3N3O3/c20-19(21,22)28-13-4-1-3-11(9-13)12-6-7-14-15(10-12)24-25-17(14)23-18(26)16-5-2-8-27-16/h1-10H,(H2,23,24,25,26). The quantitative estimate of drug-likeness (QED) is 0.518. The van der Waals surface area contributed by atoms with E-state index in [1.165, 1.54) is 30.5 Å². The van der Waals surface area contributed by atoms with Crippen molar-refractivity contribution in [3.05, 3.63) is 66.6 Å². The van der Waals surface area contributed by atoms with Crippen LogP contribution in [0.25, 0.3) is 22.0 Å². The van der Waals surface area contributed by atoms with Crippen molar-refractivity contribution in [2.24, 2.45) is 0 Å². The van der Waals surface area contributed by atoms with Gasteiger partial charge in [0.25, 0.3) is 5.91 Å². The van der Waals surface area contributed by atoms with Crippen LogP contribution in [0.3, 0.4) is 0 Å². The summed E-state index contributed by atoms with van der Waals surface area (Å²) in [5, 5.41) is 10.2. The number of aromatic nitrogens is 2. The van der Waals surface area contributed by atoms with Gasteiger partial charge in [-0.15, -0.1) is 13.2 Å². The van der Waals surface area contributed by atoms with Crippen LogP contribution in [0.1, 0.15) is 10.6 Å². The summed E-state index contributed by atoms with van der Waals surface area (Å²) in [5.74, 6) is -0.285. The van der Waals surface area contributed by atoms with Crippen molar-refractivity contribution in [3.8, 4) is 16.9 Å². The summed E-state index contributed by atoms with van der Waals surface area (Å²) >= 11 is 0. The van der Waals surface area contributed by atoms with Crippen LogP contribution in [-0.4, -0.2) is 22.5 Å². The summed E-state index contributed by atoms with van der Waals surface area (Å²) in [6.45, 7) is 0. The molecule has 0 fully saturated rings. The number of alkyl halides is 3. The lowest BCUT2D eigenvalue weighted by Gasteiger charge is -2.10. The largest absolute Gasteiger partial charge is 0.573 e. The zero-order chi connectivity index (χ0) is 19.7. The maximum Gasteiger partial charge on any atom is 0.573 e. The molecule has 0 aliphatic heterocycles. The number of fused-ring (bicyclic) bond motifs is 1. The first-order chi connectivity index (χ1) is 13.4. The highest BCUT2D eigenvalue weighted by atomic mass is 19.4. The number of furan rings is 1. The highest BCUT2D eigenvalue weighted by Crippen LogP contribution is 2.31. The number of H-pyrrole nitrogens is 1. The van der Waals surface area contributed by atoms with Crippen LogP contribution in [0, 0.1) is 0 Å². The van der Waals surface area contributed by atoms with Gasteiger partial charge >= 0.3 is 6.36 Å². The SMILES string of the molecule is O=C(Nc1n[nH]c2cc(-c3cccc(OC(F)(F)F)c3)ccc12)c1ccco1. The average molecular weight is 387 g/mol. The molecule has 0 aliphatic rings. The molecule has 2 aromatic carbocycles. The Bertz CT molecular complexity index is 1130. The number of rotatable bonds is 4. The van der Waals surface area contributed by atoms with Gasteiger partial charge in [-0.3, -0.25) is 9.89 Å². The molecule has 0 spiro atoms. The molecule has 0 aliphatic carbocycles. The highest BCUT2D eigenvalue weighted by Gasteiger charge is 2.31. The van der Waals surface area contributed by atoms with Crippen LogP contribution in [0.15, 0.2) is 65.3 Å². The van der Waals surface area contributed by atoms with E-state index in [0.717, 1.165) is 0 Å². The molecule has 2 aromatic heterocycles. The molecule has 4 aromatic rings. The van der Waals surface area contributed by atoms with Crippen LogP contribution in [0.2, 0.25) is 0 Å². The lowest BCUT2D eigenvalue weighted by atomic mass is 10.0. The molecule has 142 valence electrons. The van der Waals surface area contributed by atoms with Crippen molar-refractivity contribution in [2.75, 3.05) is 5.32 Å². The van der Waals surface area contributed by atoms with Gasteiger partial charge in [0.15, 0.2) is 11.6 Å². The molecule has 4 rings (SSSR count). The lowest BCUT2D eigenvalue weighted by molar-refractivity contribution is -0.274. The van der Waals surface area contributed by atoms with Crippen LogP contribution in [0.5, 0.6) is 5.75 Å². The van der Waals surface area contributed by atoms with Crippen molar-refractivity contribution in [3.63, 3.8) is 0 Å². The van der Waals surface area contributed by atoms with Crippen LogP contribution in [0.4, 0.5) is 19.0 Å². The smallest absolute Gasteiger partial charge is 0.459 e. The third kappa shape index (κ3) is 3.68. The molecule has 28 heavy (non-hydrogen) atoms. The van der Waals surface area contributed by atoms with Crippen molar-refractivity contribution < 1.29 is 27.1 Å². The number of carbonyl (C=O) groups is 1. The molecule has 2 heterocycles. The second kappa shape index (κ2) is 6.76. The zero-order valence-electron chi connectivity index (χ0n) is 14.1. The maximum absolute atomic E-state index is 12.4. The van der Waals surface area contributed by atoms with E-state index in [9.17, 15) is 18.0 Å². The summed E-state index contributed by atoms with van der Waals surface area (Å²) in [4.78, 5) is 12.1. The van der Waals surface area contributed by atoms with Crippen molar-refractivity contribution in [1.82, 2.24) is 10.2 Å². The monoisotopic (exact) mass is 387 g/mol. The van der Waals surface area contributed by atoms with Crippen LogP contribution in [-0.2, 0) is 0 Å². The van der Waals surface area contributed by atoms with E-state index in [0.29, 0.717) is 27.8 Å². The molecule has 9 heteroatoms. The molecular formula is C19H12F3N3O3. The number of ether oxygens (including phenoxy) is 1. The van der Waals surface area contributed by atoms with Gasteiger partial charge in [0.2, 0.25) is 0 Å². The number of aromatic amines is 1. The molecule has 0 saturated heterocycles. The number of nitrogens with zero attached hydrogens (tertiary/aromatic N) is 1. The first-order valence-corrected chi connectivity index (χ1v) is 8.08. The molecule has 0 unspecified atom stereocenters. The van der Waals surface area contributed by atoms with E-state index in [2.05, 4.69) is 20.3 Å². The van der Waals surface area contributed by atoms with Crippen molar-refractivity contribution in [2.45, 2.75) is 6.36 Å². The Morgan fingerprint density at radius 2 is 1.89 bits per heavy atom. The van der Waals surface area contributed by atoms with Gasteiger partial charge in [-0.05, 0) is 47.5 Å². The van der Waals surface area contributed by atoms with Gasteiger partial charge in [-0.25, -0.2) is 0 Å². The third-order valence-electron chi connectivity index (χ3n) is 3.94. The number of halogens is 3. The minimum Gasteiger partial charge on any atom is -0.459 e. The molecule has 0 bridgehead atoms. The summed E-state index contributed by atoms with van der Waals surface area (Å²) in [7, 11) is 0. The molecule has 6 nitrogen and oxygen atoms in total. The molecule has 1 amide bonds. The Hall–Kier alpha value is -3.75. The van der Waals surface area contributed by atoms with Gasteiger partial charge in [0.1, 0.15) is 5.75 Å². The van der Waals surface area contributed by atoms with Gasteiger partial charge in [-0.1, -0.05) is 18.2 Å².